The van der Waals surface area contributed by atoms with Gasteiger partial charge >= 0.3 is 0 Å². The molecular formula is C11H13ClO3. The summed E-state index contributed by atoms with van der Waals surface area (Å²) in [5.41, 5.74) is 0.908. The zero-order valence-electron chi connectivity index (χ0n) is 8.75. The van der Waals surface area contributed by atoms with Crippen molar-refractivity contribution in [3.8, 4) is 5.75 Å². The van der Waals surface area contributed by atoms with Gasteiger partial charge in [-0.1, -0.05) is 11.6 Å². The summed E-state index contributed by atoms with van der Waals surface area (Å²) in [6.07, 6.45) is 0. The van der Waals surface area contributed by atoms with Gasteiger partial charge in [0.1, 0.15) is 5.75 Å². The molecule has 1 aliphatic heterocycles. The smallest absolute Gasteiger partial charge is 0.192 e. The number of hydrogen-bond acceptors (Lipinski definition) is 3. The van der Waals surface area contributed by atoms with Crippen LogP contribution in [-0.2, 0) is 15.3 Å². The highest BCUT2D eigenvalue weighted by atomic mass is 35.5. The maximum atomic E-state index is 6.03. The Labute approximate surface area is 93.9 Å². The first-order valence-electron chi connectivity index (χ1n) is 4.77. The van der Waals surface area contributed by atoms with Gasteiger partial charge in [0.15, 0.2) is 5.79 Å². The fourth-order valence-corrected chi connectivity index (χ4v) is 1.89. The molecule has 1 saturated heterocycles. The average Bonchev–Trinajstić information content (AvgIpc) is 2.66. The molecular weight excluding hydrogens is 216 g/mol. The molecule has 82 valence electrons. The molecule has 0 bridgehead atoms. The molecule has 0 unspecified atom stereocenters. The topological polar surface area (TPSA) is 27.7 Å². The molecule has 2 rings (SSSR count). The normalized spacial score (nSPS) is 19.1. The Balaban J connectivity index is 2.33. The van der Waals surface area contributed by atoms with Crippen molar-refractivity contribution < 1.29 is 14.2 Å². The lowest BCUT2D eigenvalue weighted by molar-refractivity contribution is -0.149. The Morgan fingerprint density at radius 2 is 2.00 bits per heavy atom. The van der Waals surface area contributed by atoms with E-state index in [0.29, 0.717) is 24.0 Å². The van der Waals surface area contributed by atoms with Gasteiger partial charge in [-0.2, -0.15) is 0 Å². The number of ether oxygens (including phenoxy) is 3. The van der Waals surface area contributed by atoms with Crippen molar-refractivity contribution in [1.82, 2.24) is 0 Å². The molecule has 1 aromatic carbocycles. The first-order chi connectivity index (χ1) is 7.15. The fourth-order valence-electron chi connectivity index (χ4n) is 1.63. The van der Waals surface area contributed by atoms with Crippen LogP contribution in [0.1, 0.15) is 12.5 Å². The van der Waals surface area contributed by atoms with E-state index in [9.17, 15) is 0 Å². The minimum atomic E-state index is -0.671. The van der Waals surface area contributed by atoms with Crippen molar-refractivity contribution in [2.45, 2.75) is 12.7 Å². The molecule has 0 saturated carbocycles. The summed E-state index contributed by atoms with van der Waals surface area (Å²) in [5.74, 6) is -0.0161. The van der Waals surface area contributed by atoms with Crippen LogP contribution in [0.25, 0.3) is 0 Å². The van der Waals surface area contributed by atoms with Crippen LogP contribution in [0.5, 0.6) is 5.75 Å². The maximum Gasteiger partial charge on any atom is 0.192 e. The monoisotopic (exact) mass is 228 g/mol. The summed E-state index contributed by atoms with van der Waals surface area (Å²) in [4.78, 5) is 0. The highest BCUT2D eigenvalue weighted by Crippen LogP contribution is 2.35. The second kappa shape index (κ2) is 4.00. The molecule has 0 aliphatic carbocycles. The minimum Gasteiger partial charge on any atom is -0.495 e. The number of benzene rings is 1. The first-order valence-corrected chi connectivity index (χ1v) is 5.15. The van der Waals surface area contributed by atoms with E-state index in [2.05, 4.69) is 0 Å². The van der Waals surface area contributed by atoms with Gasteiger partial charge in [0.05, 0.1) is 25.3 Å². The molecule has 1 aliphatic rings. The van der Waals surface area contributed by atoms with Crippen LogP contribution in [0.15, 0.2) is 18.2 Å². The molecule has 4 heteroatoms. The van der Waals surface area contributed by atoms with E-state index in [1.807, 2.05) is 25.1 Å². The lowest BCUT2D eigenvalue weighted by Gasteiger charge is -2.23. The molecule has 0 aromatic heterocycles. The van der Waals surface area contributed by atoms with Crippen molar-refractivity contribution in [1.29, 1.82) is 0 Å². The Morgan fingerprint density at radius 3 is 2.53 bits per heavy atom. The summed E-state index contributed by atoms with van der Waals surface area (Å²) in [7, 11) is 1.59. The van der Waals surface area contributed by atoms with Gasteiger partial charge in [-0.15, -0.1) is 0 Å². The highest BCUT2D eigenvalue weighted by Gasteiger charge is 2.33. The van der Waals surface area contributed by atoms with Gasteiger partial charge in [0.2, 0.25) is 0 Å². The third kappa shape index (κ3) is 1.95. The second-order valence-electron chi connectivity index (χ2n) is 3.49. The van der Waals surface area contributed by atoms with Gasteiger partial charge in [0.25, 0.3) is 0 Å². The molecule has 15 heavy (non-hydrogen) atoms. The molecule has 0 spiro atoms. The van der Waals surface area contributed by atoms with E-state index >= 15 is 0 Å². The third-order valence-electron chi connectivity index (χ3n) is 2.51. The van der Waals surface area contributed by atoms with Crippen molar-refractivity contribution in [3.63, 3.8) is 0 Å². The summed E-state index contributed by atoms with van der Waals surface area (Å²) in [6.45, 7) is 3.11. The second-order valence-corrected chi connectivity index (χ2v) is 3.90. The van der Waals surface area contributed by atoms with Crippen molar-refractivity contribution >= 4 is 11.6 Å². The van der Waals surface area contributed by atoms with Crippen LogP contribution in [0.3, 0.4) is 0 Å². The minimum absolute atomic E-state index is 0.565. The highest BCUT2D eigenvalue weighted by molar-refractivity contribution is 6.32. The molecule has 0 atom stereocenters. The van der Waals surface area contributed by atoms with Gasteiger partial charge in [-0.05, 0) is 25.1 Å². The molecule has 0 N–H and O–H groups in total. The van der Waals surface area contributed by atoms with Crippen LogP contribution in [0.4, 0.5) is 0 Å². The zero-order valence-corrected chi connectivity index (χ0v) is 9.50. The lowest BCUT2D eigenvalue weighted by atomic mass is 10.1. The van der Waals surface area contributed by atoms with E-state index in [1.54, 1.807) is 7.11 Å². The lowest BCUT2D eigenvalue weighted by Crippen LogP contribution is -2.22. The molecule has 0 radical (unpaired) electrons. The third-order valence-corrected chi connectivity index (χ3v) is 2.81. The Morgan fingerprint density at radius 1 is 1.33 bits per heavy atom. The Kier molecular flexibility index (Phi) is 2.87. The van der Waals surface area contributed by atoms with E-state index in [-0.39, 0.29) is 0 Å². The van der Waals surface area contributed by atoms with Crippen molar-refractivity contribution in [2.24, 2.45) is 0 Å². The zero-order chi connectivity index (χ0) is 10.9. The first kappa shape index (κ1) is 10.7. The summed E-state index contributed by atoms with van der Waals surface area (Å²) in [5, 5.41) is 0.565. The number of rotatable bonds is 2. The summed E-state index contributed by atoms with van der Waals surface area (Å²) >= 11 is 6.03. The van der Waals surface area contributed by atoms with E-state index in [1.165, 1.54) is 0 Å². The molecule has 1 fully saturated rings. The van der Waals surface area contributed by atoms with Gasteiger partial charge in [0, 0.05) is 5.56 Å². The fraction of sp³-hybridized carbons (Fsp3) is 0.455. The van der Waals surface area contributed by atoms with Crippen LogP contribution in [0, 0.1) is 0 Å². The number of methoxy groups -OCH3 is 1. The van der Waals surface area contributed by atoms with Crippen LogP contribution in [-0.4, -0.2) is 20.3 Å². The Hall–Kier alpha value is -0.770. The van der Waals surface area contributed by atoms with Gasteiger partial charge in [-0.25, -0.2) is 0 Å². The van der Waals surface area contributed by atoms with E-state index < -0.39 is 5.79 Å². The standard InChI is InChI=1S/C11H13ClO3/c1-11(14-5-6-15-11)8-3-4-10(13-2)9(12)7-8/h3-4,7H,5-6H2,1-2H3. The van der Waals surface area contributed by atoms with Crippen molar-refractivity contribution in [2.75, 3.05) is 20.3 Å². The quantitative estimate of drug-likeness (QED) is 0.779. The average molecular weight is 229 g/mol. The molecule has 0 amide bonds. The number of halogens is 1. The van der Waals surface area contributed by atoms with Crippen LogP contribution < -0.4 is 4.74 Å². The summed E-state index contributed by atoms with van der Waals surface area (Å²) < 4.78 is 16.1. The molecule has 1 aromatic rings. The summed E-state index contributed by atoms with van der Waals surface area (Å²) in [6, 6.07) is 5.52. The number of hydrogen-bond donors (Lipinski definition) is 0. The largest absolute Gasteiger partial charge is 0.495 e. The predicted molar refractivity (Wildman–Crippen MR) is 57.3 cm³/mol. The van der Waals surface area contributed by atoms with Gasteiger partial charge in [-0.3, -0.25) is 0 Å². The van der Waals surface area contributed by atoms with Crippen LogP contribution >= 0.6 is 11.6 Å². The van der Waals surface area contributed by atoms with Gasteiger partial charge < -0.3 is 14.2 Å². The molecule has 3 nitrogen and oxygen atoms in total. The van der Waals surface area contributed by atoms with E-state index in [0.717, 1.165) is 5.56 Å². The van der Waals surface area contributed by atoms with E-state index in [4.69, 9.17) is 25.8 Å². The van der Waals surface area contributed by atoms with Crippen molar-refractivity contribution in [3.05, 3.63) is 28.8 Å². The molecule has 1 heterocycles. The SMILES string of the molecule is COc1ccc(C2(C)OCCO2)cc1Cl. The maximum absolute atomic E-state index is 6.03. The predicted octanol–water partition coefficient (Wildman–Crippen LogP) is 2.57. The Bertz CT molecular complexity index is 359. The van der Waals surface area contributed by atoms with Crippen LogP contribution in [0.2, 0.25) is 5.02 Å².